The van der Waals surface area contributed by atoms with Gasteiger partial charge in [-0.2, -0.15) is 5.10 Å². The fourth-order valence-corrected chi connectivity index (χ4v) is 2.20. The minimum absolute atomic E-state index is 0.0981. The number of benzene rings is 1. The molecule has 0 aliphatic rings. The van der Waals surface area contributed by atoms with Crippen LogP contribution in [0.3, 0.4) is 0 Å². The zero-order valence-corrected chi connectivity index (χ0v) is 10.4. The molecule has 1 heterocycles. The highest BCUT2D eigenvalue weighted by Gasteiger charge is 2.14. The molecule has 0 amide bonds. The van der Waals surface area contributed by atoms with Crippen molar-refractivity contribution in [3.8, 4) is 5.69 Å². The number of nitrogens with zero attached hydrogens (tertiary/aromatic N) is 2. The number of hydrogen-bond acceptors (Lipinski definition) is 3. The number of aromatic carboxylic acids is 1. The van der Waals surface area contributed by atoms with Crippen LogP contribution in [0.2, 0.25) is 0 Å². The fourth-order valence-electron chi connectivity index (χ4n) is 1.61. The maximum absolute atomic E-state index is 10.9. The van der Waals surface area contributed by atoms with Gasteiger partial charge in [-0.3, -0.25) is 0 Å². The summed E-state index contributed by atoms with van der Waals surface area (Å²) in [5, 5.41) is 13.1. The second kappa shape index (κ2) is 4.63. The summed E-state index contributed by atoms with van der Waals surface area (Å²) in [6.07, 6.45) is 3.71. The Kier molecular flexibility index (Phi) is 3.19. The minimum atomic E-state index is -0.997. The van der Waals surface area contributed by atoms with Gasteiger partial charge >= 0.3 is 5.97 Å². The summed E-state index contributed by atoms with van der Waals surface area (Å²) in [5.74, 6) is -0.997. The predicted octanol–water partition coefficient (Wildman–Crippen LogP) is 2.60. The summed E-state index contributed by atoms with van der Waals surface area (Å²) in [6, 6.07) is 7.76. The molecule has 88 valence electrons. The van der Waals surface area contributed by atoms with Gasteiger partial charge in [0, 0.05) is 16.7 Å². The van der Waals surface area contributed by atoms with Crippen molar-refractivity contribution in [2.75, 3.05) is 6.26 Å². The van der Waals surface area contributed by atoms with Gasteiger partial charge in [0.15, 0.2) is 5.69 Å². The second-order valence-electron chi connectivity index (χ2n) is 3.58. The first kappa shape index (κ1) is 11.7. The molecule has 4 nitrogen and oxygen atoms in total. The van der Waals surface area contributed by atoms with E-state index in [0.717, 1.165) is 10.6 Å². The zero-order chi connectivity index (χ0) is 12.4. The number of para-hydroxylation sites is 1. The molecule has 0 saturated heterocycles. The molecule has 17 heavy (non-hydrogen) atoms. The molecule has 0 aliphatic carbocycles. The van der Waals surface area contributed by atoms with Crippen LogP contribution in [0.4, 0.5) is 0 Å². The van der Waals surface area contributed by atoms with E-state index in [-0.39, 0.29) is 5.69 Å². The van der Waals surface area contributed by atoms with E-state index in [9.17, 15) is 4.79 Å². The molecule has 2 rings (SSSR count). The van der Waals surface area contributed by atoms with Gasteiger partial charge in [-0.1, -0.05) is 12.1 Å². The van der Waals surface area contributed by atoms with Crippen molar-refractivity contribution >= 4 is 17.7 Å². The molecule has 0 unspecified atom stereocenters. The monoisotopic (exact) mass is 248 g/mol. The quantitative estimate of drug-likeness (QED) is 0.848. The minimum Gasteiger partial charge on any atom is -0.476 e. The fraction of sp³-hybridized carbons (Fsp3) is 0.167. The van der Waals surface area contributed by atoms with E-state index >= 15 is 0 Å². The van der Waals surface area contributed by atoms with Gasteiger partial charge in [0.1, 0.15) is 0 Å². The van der Waals surface area contributed by atoms with E-state index in [0.29, 0.717) is 5.56 Å². The van der Waals surface area contributed by atoms with E-state index in [1.807, 2.05) is 30.5 Å². The van der Waals surface area contributed by atoms with Crippen LogP contribution in [0, 0.1) is 6.92 Å². The Balaban J connectivity index is 2.53. The number of aromatic nitrogens is 2. The predicted molar refractivity (Wildman–Crippen MR) is 67.0 cm³/mol. The van der Waals surface area contributed by atoms with Gasteiger partial charge in [0.25, 0.3) is 0 Å². The van der Waals surface area contributed by atoms with E-state index in [4.69, 9.17) is 5.11 Å². The number of carboxylic acids is 1. The normalized spacial score (nSPS) is 10.5. The molecule has 1 aromatic heterocycles. The van der Waals surface area contributed by atoms with Crippen LogP contribution in [0.15, 0.2) is 35.4 Å². The van der Waals surface area contributed by atoms with Gasteiger partial charge < -0.3 is 5.11 Å². The van der Waals surface area contributed by atoms with Gasteiger partial charge in [-0.15, -0.1) is 11.8 Å². The first-order chi connectivity index (χ1) is 8.13. The van der Waals surface area contributed by atoms with Crippen LogP contribution < -0.4 is 0 Å². The Labute approximate surface area is 103 Å². The molecule has 0 spiro atoms. The largest absolute Gasteiger partial charge is 0.476 e. The van der Waals surface area contributed by atoms with Crippen molar-refractivity contribution in [1.82, 2.24) is 9.78 Å². The summed E-state index contributed by atoms with van der Waals surface area (Å²) < 4.78 is 1.62. The standard InChI is InChI=1S/C12H12N2O2S/c1-8-7-14(13-11(8)12(15)16)9-5-3-4-6-10(9)17-2/h3-7H,1-2H3,(H,15,16). The lowest BCUT2D eigenvalue weighted by Crippen LogP contribution is -2.02. The van der Waals surface area contributed by atoms with E-state index < -0.39 is 5.97 Å². The van der Waals surface area contributed by atoms with Gasteiger partial charge in [-0.25, -0.2) is 9.48 Å². The van der Waals surface area contributed by atoms with Crippen LogP contribution >= 0.6 is 11.8 Å². The lowest BCUT2D eigenvalue weighted by molar-refractivity contribution is 0.0689. The lowest BCUT2D eigenvalue weighted by Gasteiger charge is -2.06. The molecule has 0 bridgehead atoms. The Bertz CT molecular complexity index is 563. The molecule has 0 fully saturated rings. The van der Waals surface area contributed by atoms with Crippen LogP contribution in [0.1, 0.15) is 16.1 Å². The Morgan fingerprint density at radius 1 is 1.41 bits per heavy atom. The summed E-state index contributed by atoms with van der Waals surface area (Å²) >= 11 is 1.61. The third kappa shape index (κ3) is 2.19. The Morgan fingerprint density at radius 2 is 2.12 bits per heavy atom. The molecule has 0 saturated carbocycles. The third-order valence-electron chi connectivity index (χ3n) is 2.43. The molecule has 2 aromatic rings. The van der Waals surface area contributed by atoms with Gasteiger partial charge in [0.2, 0.25) is 0 Å². The zero-order valence-electron chi connectivity index (χ0n) is 9.54. The molecular weight excluding hydrogens is 236 g/mol. The average molecular weight is 248 g/mol. The van der Waals surface area contributed by atoms with Gasteiger partial charge in [0.05, 0.1) is 5.69 Å². The van der Waals surface area contributed by atoms with Crippen LogP contribution in [0.25, 0.3) is 5.69 Å². The average Bonchev–Trinajstić information content (AvgIpc) is 2.71. The molecule has 0 atom stereocenters. The molecular formula is C12H12N2O2S. The number of carboxylic acid groups (broad SMARTS) is 1. The summed E-state index contributed by atoms with van der Waals surface area (Å²) in [7, 11) is 0. The van der Waals surface area contributed by atoms with Crippen molar-refractivity contribution in [2.24, 2.45) is 0 Å². The maximum atomic E-state index is 10.9. The highest BCUT2D eigenvalue weighted by Crippen LogP contribution is 2.23. The van der Waals surface area contributed by atoms with Gasteiger partial charge in [-0.05, 0) is 25.3 Å². The number of rotatable bonds is 3. The third-order valence-corrected chi connectivity index (χ3v) is 3.22. The number of aryl methyl sites for hydroxylation is 1. The molecule has 0 aliphatic heterocycles. The number of thioether (sulfide) groups is 1. The van der Waals surface area contributed by atoms with Crippen molar-refractivity contribution in [1.29, 1.82) is 0 Å². The SMILES string of the molecule is CSc1ccccc1-n1cc(C)c(C(=O)O)n1. The van der Waals surface area contributed by atoms with Crippen LogP contribution in [0.5, 0.6) is 0 Å². The Morgan fingerprint density at radius 3 is 2.71 bits per heavy atom. The molecule has 0 radical (unpaired) electrons. The van der Waals surface area contributed by atoms with E-state index in [1.54, 1.807) is 29.6 Å². The summed E-state index contributed by atoms with van der Waals surface area (Å²) in [6.45, 7) is 1.74. The van der Waals surface area contributed by atoms with Crippen molar-refractivity contribution < 1.29 is 9.90 Å². The van der Waals surface area contributed by atoms with E-state index in [1.165, 1.54) is 0 Å². The van der Waals surface area contributed by atoms with Crippen molar-refractivity contribution in [3.63, 3.8) is 0 Å². The highest BCUT2D eigenvalue weighted by atomic mass is 32.2. The first-order valence-corrected chi connectivity index (χ1v) is 6.29. The lowest BCUT2D eigenvalue weighted by atomic mass is 10.3. The highest BCUT2D eigenvalue weighted by molar-refractivity contribution is 7.98. The smallest absolute Gasteiger partial charge is 0.356 e. The number of carbonyl (C=O) groups is 1. The summed E-state index contributed by atoms with van der Waals surface area (Å²) in [5.41, 5.74) is 1.66. The second-order valence-corrected chi connectivity index (χ2v) is 4.43. The molecule has 5 heteroatoms. The van der Waals surface area contributed by atoms with Crippen LogP contribution in [-0.4, -0.2) is 27.1 Å². The van der Waals surface area contributed by atoms with Crippen molar-refractivity contribution in [3.05, 3.63) is 41.7 Å². The maximum Gasteiger partial charge on any atom is 0.356 e. The molecule has 1 aromatic carbocycles. The van der Waals surface area contributed by atoms with Crippen molar-refractivity contribution in [2.45, 2.75) is 11.8 Å². The Hall–Kier alpha value is -1.75. The number of hydrogen-bond donors (Lipinski definition) is 1. The summed E-state index contributed by atoms with van der Waals surface area (Å²) in [4.78, 5) is 12.0. The topological polar surface area (TPSA) is 55.1 Å². The molecule has 1 N–H and O–H groups in total. The van der Waals surface area contributed by atoms with Crippen LogP contribution in [-0.2, 0) is 0 Å². The first-order valence-electron chi connectivity index (χ1n) is 5.06. The van der Waals surface area contributed by atoms with E-state index in [2.05, 4.69) is 5.10 Å².